The summed E-state index contributed by atoms with van der Waals surface area (Å²) in [5.74, 6) is 0. The van der Waals surface area contributed by atoms with Crippen LogP contribution in [0.1, 0.15) is 43.0 Å². The third kappa shape index (κ3) is 3.78. The molecule has 25 heavy (non-hydrogen) atoms. The van der Waals surface area contributed by atoms with Crippen molar-refractivity contribution in [3.63, 3.8) is 0 Å². The summed E-state index contributed by atoms with van der Waals surface area (Å²) in [6, 6.07) is 17.7. The Morgan fingerprint density at radius 1 is 0.960 bits per heavy atom. The Kier molecular flexibility index (Phi) is 4.57. The van der Waals surface area contributed by atoms with Gasteiger partial charge in [0, 0.05) is 0 Å². The molecule has 2 aromatic carbocycles. The predicted molar refractivity (Wildman–Crippen MR) is 113 cm³/mol. The van der Waals surface area contributed by atoms with Gasteiger partial charge in [-0.25, -0.2) is 0 Å². The molecule has 0 fully saturated rings. The molecule has 0 amide bonds. The summed E-state index contributed by atoms with van der Waals surface area (Å²) in [5.41, 5.74) is 7.41. The van der Waals surface area contributed by atoms with Gasteiger partial charge in [0.2, 0.25) is 0 Å². The average Bonchev–Trinajstić information content (AvgIpc) is 2.81. The normalized spacial score (nSPS) is 19.2. The molecule has 0 spiro atoms. The number of nitrogens with one attached hydrogen (secondary N) is 1. The summed E-state index contributed by atoms with van der Waals surface area (Å²) in [4.78, 5) is 0. The van der Waals surface area contributed by atoms with Crippen LogP contribution < -0.4 is 3.80 Å². The standard InChI is InChI=1S/C16H13.C4H10N.2CH3.H3Si.Ti/c1-12-10-14-8-5-9-15(16(14)11-12)13-6-3-2-4-7-13;1-4(2,3)5;;;;/h2-11H,1H3;5H,1-3H3;3*1H3;/q;-1;;;;+1. The zero-order valence-electron chi connectivity index (χ0n) is 16.8. The van der Waals surface area contributed by atoms with E-state index in [4.69, 9.17) is 0 Å². The molecule has 1 aliphatic carbocycles. The monoisotopic (exact) mass is 386 g/mol. The number of hydrogen-bond acceptors (Lipinski definition) is 1. The van der Waals surface area contributed by atoms with Gasteiger partial charge in [-0.15, -0.1) is 0 Å². The average molecular weight is 386 g/mol. The van der Waals surface area contributed by atoms with Gasteiger partial charge in [-0.05, 0) is 0 Å². The summed E-state index contributed by atoms with van der Waals surface area (Å²) in [6.07, 6.45) is 2.46. The molecule has 1 atom stereocenters. The van der Waals surface area contributed by atoms with Gasteiger partial charge >= 0.3 is 157 Å². The van der Waals surface area contributed by atoms with Crippen LogP contribution in [0.4, 0.5) is 0 Å². The van der Waals surface area contributed by atoms with Crippen LogP contribution in [-0.2, 0) is 14.8 Å². The maximum absolute atomic E-state index is 4.16. The van der Waals surface area contributed by atoms with Crippen molar-refractivity contribution in [3.8, 4) is 11.1 Å². The van der Waals surface area contributed by atoms with Gasteiger partial charge in [-0.1, -0.05) is 0 Å². The summed E-state index contributed by atoms with van der Waals surface area (Å²) in [5, 5.41) is 5.20. The molecule has 0 bridgehead atoms. The quantitative estimate of drug-likeness (QED) is 0.717. The van der Waals surface area contributed by atoms with E-state index < -0.39 is 14.8 Å². The van der Waals surface area contributed by atoms with Gasteiger partial charge in [0.05, 0.1) is 0 Å². The van der Waals surface area contributed by atoms with E-state index in [0.717, 1.165) is 0 Å². The van der Waals surface area contributed by atoms with Crippen molar-refractivity contribution in [2.45, 2.75) is 47.9 Å². The number of allylic oxidation sites excluding steroid dienone is 1. The molecular formula is C22H32NSiTi. The first-order chi connectivity index (χ1) is 11.5. The van der Waals surface area contributed by atoms with Crippen LogP contribution in [0.3, 0.4) is 0 Å². The molecule has 133 valence electrons. The molecular weight excluding hydrogens is 354 g/mol. The van der Waals surface area contributed by atoms with E-state index in [1.165, 1.54) is 24.8 Å². The van der Waals surface area contributed by atoms with Gasteiger partial charge in [-0.2, -0.15) is 0 Å². The zero-order chi connectivity index (χ0) is 18.5. The van der Waals surface area contributed by atoms with Crippen molar-refractivity contribution in [2.24, 2.45) is 0 Å². The Labute approximate surface area is 156 Å². The van der Waals surface area contributed by atoms with Crippen LogP contribution in [-0.4, -0.2) is 13.6 Å². The molecule has 2 aromatic rings. The summed E-state index contributed by atoms with van der Waals surface area (Å²) >= 11 is -2.80. The third-order valence-corrected chi connectivity index (χ3v) is 15.5. The fourth-order valence-electron chi connectivity index (χ4n) is 5.18. The van der Waals surface area contributed by atoms with Gasteiger partial charge < -0.3 is 0 Å². The number of benzene rings is 2. The molecule has 0 heterocycles. The van der Waals surface area contributed by atoms with Crippen LogP contribution in [0, 0.1) is 0 Å². The first-order valence-corrected chi connectivity index (χ1v) is 19.8. The summed E-state index contributed by atoms with van der Waals surface area (Å²) in [6.45, 7) is 9.29. The summed E-state index contributed by atoms with van der Waals surface area (Å²) < 4.78 is 4.76. The van der Waals surface area contributed by atoms with Gasteiger partial charge in [0.15, 0.2) is 0 Å². The molecule has 0 aromatic heterocycles. The molecule has 3 heteroatoms. The van der Waals surface area contributed by atoms with E-state index in [1.807, 2.05) is 0 Å². The van der Waals surface area contributed by atoms with E-state index in [1.54, 1.807) is 11.1 Å². The first kappa shape index (κ1) is 18.9. The second-order valence-corrected chi connectivity index (χ2v) is 34.3. The fourth-order valence-corrected chi connectivity index (χ4v) is 20.6. The van der Waals surface area contributed by atoms with Crippen LogP contribution in [0.25, 0.3) is 17.2 Å². The number of fused-ring (bicyclic) bond motifs is 1. The molecule has 0 aliphatic heterocycles. The Morgan fingerprint density at radius 2 is 1.60 bits per heavy atom. The van der Waals surface area contributed by atoms with Crippen LogP contribution >= 0.6 is 0 Å². The van der Waals surface area contributed by atoms with Crippen LogP contribution in [0.15, 0.2) is 54.1 Å². The minimum absolute atomic E-state index is 0.169. The van der Waals surface area contributed by atoms with Crippen molar-refractivity contribution in [2.75, 3.05) is 0 Å². The molecule has 0 radical (unpaired) electrons. The van der Waals surface area contributed by atoms with E-state index in [0.29, 0.717) is 4.22 Å². The van der Waals surface area contributed by atoms with Crippen molar-refractivity contribution in [1.29, 1.82) is 0 Å². The van der Waals surface area contributed by atoms with E-state index in [9.17, 15) is 0 Å². The number of rotatable bonds is 3. The van der Waals surface area contributed by atoms with E-state index in [2.05, 4.69) is 96.6 Å². The Balaban J connectivity index is 2.14. The molecule has 3 rings (SSSR count). The Hall–Kier alpha value is -0.929. The van der Waals surface area contributed by atoms with E-state index in [-0.39, 0.29) is 5.54 Å². The van der Waals surface area contributed by atoms with Gasteiger partial charge in [-0.3, -0.25) is 0 Å². The molecule has 0 saturated carbocycles. The minimum atomic E-state index is -2.80. The second kappa shape index (κ2) is 6.06. The fraction of sp³-hybridized carbons (Fsp3) is 0.364. The van der Waals surface area contributed by atoms with Crippen molar-refractivity contribution < 1.29 is 14.8 Å². The topological polar surface area (TPSA) is 12.0 Å². The molecule has 1 aliphatic rings. The maximum atomic E-state index is 4.16. The van der Waals surface area contributed by atoms with Gasteiger partial charge in [0.25, 0.3) is 0 Å². The first-order valence-electron chi connectivity index (χ1n) is 9.35. The SMILES string of the molecule is CC1=Cc2c(-c3ccccc3)cccc2[CH]1[Ti]([CH3])([CH3])([SiH3])[NH]C(C)(C)C. The zero-order valence-corrected chi connectivity index (χ0v) is 20.3. The molecule has 1 nitrogen and oxygen atoms in total. The molecule has 1 N–H and O–H groups in total. The van der Waals surface area contributed by atoms with Crippen LogP contribution in [0.2, 0.25) is 10.5 Å². The molecule has 1 unspecified atom stereocenters. The summed E-state index contributed by atoms with van der Waals surface area (Å²) in [7, 11) is 1.25. The predicted octanol–water partition coefficient (Wildman–Crippen LogP) is 5.18. The number of hydrogen-bond donors (Lipinski definition) is 1. The second-order valence-electron chi connectivity index (χ2n) is 10.1. The Morgan fingerprint density at radius 3 is 2.20 bits per heavy atom. The van der Waals surface area contributed by atoms with Crippen molar-refractivity contribution >= 4 is 14.2 Å². The van der Waals surface area contributed by atoms with E-state index >= 15 is 0 Å². The van der Waals surface area contributed by atoms with Crippen LogP contribution in [0.5, 0.6) is 0 Å². The van der Waals surface area contributed by atoms with Crippen molar-refractivity contribution in [3.05, 3.63) is 65.2 Å². The molecule has 0 saturated heterocycles. The third-order valence-electron chi connectivity index (χ3n) is 5.20. The van der Waals surface area contributed by atoms with Crippen molar-refractivity contribution in [1.82, 2.24) is 3.80 Å². The Bertz CT molecular complexity index is 823. The van der Waals surface area contributed by atoms with Gasteiger partial charge in [0.1, 0.15) is 0 Å².